The Labute approximate surface area is 200 Å². The Bertz CT molecular complexity index is 1140. The first-order chi connectivity index (χ1) is 16.2. The molecule has 0 heterocycles. The number of nitrogens with one attached hydrogen (secondary N) is 1. The first-order valence-electron chi connectivity index (χ1n) is 11.4. The lowest BCUT2D eigenvalue weighted by molar-refractivity contribution is 0.0742. The molecule has 0 fully saturated rings. The van der Waals surface area contributed by atoms with Gasteiger partial charge in [0.05, 0.1) is 0 Å². The topological polar surface area (TPSA) is 75.4 Å². The normalized spacial score (nSPS) is 11.2. The average Bonchev–Trinajstić information content (AvgIpc) is 2.82. The molecule has 0 aliphatic carbocycles. The van der Waals surface area contributed by atoms with E-state index in [2.05, 4.69) is 26.1 Å². The molecule has 0 spiro atoms. The summed E-state index contributed by atoms with van der Waals surface area (Å²) in [5.41, 5.74) is 9.06. The van der Waals surface area contributed by atoms with Crippen LogP contribution in [0.3, 0.4) is 0 Å². The number of amides is 2. The first-order valence-corrected chi connectivity index (χ1v) is 11.4. The molecule has 0 saturated heterocycles. The van der Waals surface area contributed by atoms with Crippen LogP contribution in [0.15, 0.2) is 72.8 Å². The number of para-hydroxylation sites is 1. The summed E-state index contributed by atoms with van der Waals surface area (Å²) in [5, 5.41) is 2.97. The molecule has 0 atom stereocenters. The Balaban J connectivity index is 1.80. The Morgan fingerprint density at radius 2 is 1.65 bits per heavy atom. The van der Waals surface area contributed by atoms with E-state index in [4.69, 9.17) is 5.73 Å². The molecule has 3 N–H and O–H groups in total. The molecule has 178 valence electrons. The highest BCUT2D eigenvalue weighted by molar-refractivity contribution is 6.04. The van der Waals surface area contributed by atoms with Gasteiger partial charge in [0.15, 0.2) is 0 Å². The second-order valence-corrected chi connectivity index (χ2v) is 9.32. The number of hydrogen-bond acceptors (Lipinski definition) is 3. The van der Waals surface area contributed by atoms with Crippen LogP contribution in [0, 0.1) is 5.82 Å². The van der Waals surface area contributed by atoms with E-state index >= 15 is 0 Å². The van der Waals surface area contributed by atoms with Crippen molar-refractivity contribution in [3.8, 4) is 0 Å². The number of carbonyl (C=O) groups excluding carboxylic acids is 2. The summed E-state index contributed by atoms with van der Waals surface area (Å²) in [6.07, 6.45) is 0.607. The minimum Gasteiger partial charge on any atom is -0.334 e. The Morgan fingerprint density at radius 3 is 2.29 bits per heavy atom. The molecule has 0 aromatic heterocycles. The van der Waals surface area contributed by atoms with Gasteiger partial charge in [0.25, 0.3) is 11.8 Å². The monoisotopic (exact) mass is 461 g/mol. The number of carbonyl (C=O) groups is 2. The van der Waals surface area contributed by atoms with Crippen molar-refractivity contribution in [2.45, 2.75) is 39.2 Å². The third kappa shape index (κ3) is 6.51. The summed E-state index contributed by atoms with van der Waals surface area (Å²) >= 11 is 0. The molecule has 0 unspecified atom stereocenters. The van der Waals surface area contributed by atoms with Crippen molar-refractivity contribution < 1.29 is 14.0 Å². The maximum absolute atomic E-state index is 13.7. The Hall–Kier alpha value is -3.51. The zero-order chi connectivity index (χ0) is 24.7. The van der Waals surface area contributed by atoms with Crippen molar-refractivity contribution in [3.63, 3.8) is 0 Å². The lowest BCUT2D eigenvalue weighted by atomic mass is 9.86. The Kier molecular flexibility index (Phi) is 8.18. The van der Waals surface area contributed by atoms with Gasteiger partial charge in [-0.25, -0.2) is 4.39 Å². The molecule has 0 saturated carbocycles. The van der Waals surface area contributed by atoms with Gasteiger partial charge in [0, 0.05) is 29.9 Å². The van der Waals surface area contributed by atoms with Crippen molar-refractivity contribution in [2.75, 3.05) is 18.4 Å². The fourth-order valence-electron chi connectivity index (χ4n) is 3.64. The van der Waals surface area contributed by atoms with Crippen LogP contribution in [0.2, 0.25) is 0 Å². The lowest BCUT2D eigenvalue weighted by Gasteiger charge is -2.24. The van der Waals surface area contributed by atoms with E-state index in [1.54, 1.807) is 11.0 Å². The fourth-order valence-corrected chi connectivity index (χ4v) is 3.64. The van der Waals surface area contributed by atoms with Crippen molar-refractivity contribution in [1.29, 1.82) is 0 Å². The molecule has 0 aliphatic heterocycles. The van der Waals surface area contributed by atoms with Crippen molar-refractivity contribution in [2.24, 2.45) is 5.73 Å². The van der Waals surface area contributed by atoms with E-state index in [-0.39, 0.29) is 29.3 Å². The lowest BCUT2D eigenvalue weighted by Crippen LogP contribution is -2.33. The SMILES string of the molecule is CC(C)(C)c1ccc(C(=O)Nc2ccccc2CN(CCCN)C(=O)c2cccc(F)c2)cc1. The van der Waals surface area contributed by atoms with Gasteiger partial charge in [0.2, 0.25) is 0 Å². The van der Waals surface area contributed by atoms with Crippen LogP contribution < -0.4 is 11.1 Å². The molecule has 34 heavy (non-hydrogen) atoms. The minimum absolute atomic E-state index is 0.00278. The van der Waals surface area contributed by atoms with E-state index in [1.807, 2.05) is 48.5 Å². The first kappa shape index (κ1) is 25.1. The molecule has 3 aromatic carbocycles. The molecule has 3 aromatic rings. The molecule has 0 bridgehead atoms. The second kappa shape index (κ2) is 11.1. The number of anilines is 1. The van der Waals surface area contributed by atoms with Gasteiger partial charge in [-0.2, -0.15) is 0 Å². The van der Waals surface area contributed by atoms with E-state index in [0.717, 1.165) is 11.1 Å². The highest BCUT2D eigenvalue weighted by Crippen LogP contribution is 2.23. The van der Waals surface area contributed by atoms with Crippen LogP contribution >= 0.6 is 0 Å². The summed E-state index contributed by atoms with van der Waals surface area (Å²) in [5.74, 6) is -0.973. The highest BCUT2D eigenvalue weighted by atomic mass is 19.1. The summed E-state index contributed by atoms with van der Waals surface area (Å²) in [6, 6.07) is 20.6. The molecule has 0 aliphatic rings. The zero-order valence-electron chi connectivity index (χ0n) is 20.0. The van der Waals surface area contributed by atoms with Crippen LogP contribution in [0.5, 0.6) is 0 Å². The van der Waals surface area contributed by atoms with Crippen LogP contribution in [0.1, 0.15) is 59.0 Å². The molecular weight excluding hydrogens is 429 g/mol. The third-order valence-electron chi connectivity index (χ3n) is 5.63. The van der Waals surface area contributed by atoms with Crippen LogP contribution in [-0.2, 0) is 12.0 Å². The molecule has 5 nitrogen and oxygen atoms in total. The maximum atomic E-state index is 13.7. The summed E-state index contributed by atoms with van der Waals surface area (Å²) in [7, 11) is 0. The van der Waals surface area contributed by atoms with E-state index in [0.29, 0.717) is 30.8 Å². The highest BCUT2D eigenvalue weighted by Gasteiger charge is 2.19. The van der Waals surface area contributed by atoms with Crippen LogP contribution in [-0.4, -0.2) is 29.8 Å². The number of hydrogen-bond donors (Lipinski definition) is 2. The van der Waals surface area contributed by atoms with Gasteiger partial charge in [-0.05, 0) is 65.9 Å². The van der Waals surface area contributed by atoms with Crippen LogP contribution in [0.25, 0.3) is 0 Å². The average molecular weight is 462 g/mol. The molecular formula is C28H32FN3O2. The minimum atomic E-state index is -0.463. The number of benzene rings is 3. The largest absolute Gasteiger partial charge is 0.334 e. The van der Waals surface area contributed by atoms with Gasteiger partial charge >= 0.3 is 0 Å². The third-order valence-corrected chi connectivity index (χ3v) is 5.63. The van der Waals surface area contributed by atoms with Crippen molar-refractivity contribution in [1.82, 2.24) is 4.90 Å². The second-order valence-electron chi connectivity index (χ2n) is 9.32. The predicted molar refractivity (Wildman–Crippen MR) is 134 cm³/mol. The molecule has 0 radical (unpaired) electrons. The van der Waals surface area contributed by atoms with Gasteiger partial charge in [-0.1, -0.05) is 57.2 Å². The molecule has 6 heteroatoms. The molecule has 3 rings (SSSR count). The predicted octanol–water partition coefficient (Wildman–Crippen LogP) is 5.37. The van der Waals surface area contributed by atoms with Crippen LogP contribution in [0.4, 0.5) is 10.1 Å². The maximum Gasteiger partial charge on any atom is 0.255 e. The number of rotatable bonds is 8. The number of nitrogens with two attached hydrogens (primary N) is 1. The Morgan fingerprint density at radius 1 is 0.941 bits per heavy atom. The van der Waals surface area contributed by atoms with Gasteiger partial charge in [-0.15, -0.1) is 0 Å². The standard InChI is InChI=1S/C28H32FN3O2/c1-28(2,3)23-14-12-20(13-15-23)26(33)31-25-11-5-4-8-22(25)19-32(17-7-16-30)27(34)21-9-6-10-24(29)18-21/h4-6,8-15,18H,7,16-17,19,30H2,1-3H3,(H,31,33). The summed E-state index contributed by atoms with van der Waals surface area (Å²) in [4.78, 5) is 27.7. The van der Waals surface area contributed by atoms with Gasteiger partial charge in [0.1, 0.15) is 5.82 Å². The zero-order valence-corrected chi connectivity index (χ0v) is 20.0. The van der Waals surface area contributed by atoms with Gasteiger partial charge < -0.3 is 16.0 Å². The summed E-state index contributed by atoms with van der Waals surface area (Å²) < 4.78 is 13.7. The summed E-state index contributed by atoms with van der Waals surface area (Å²) in [6.45, 7) is 7.48. The number of nitrogens with zero attached hydrogens (tertiary/aromatic N) is 1. The molecule has 2 amide bonds. The quantitative estimate of drug-likeness (QED) is 0.474. The smallest absolute Gasteiger partial charge is 0.255 e. The van der Waals surface area contributed by atoms with Crippen molar-refractivity contribution in [3.05, 3.63) is 101 Å². The van der Waals surface area contributed by atoms with Crippen molar-refractivity contribution >= 4 is 17.5 Å². The van der Waals surface area contributed by atoms with E-state index in [1.165, 1.54) is 18.2 Å². The van der Waals surface area contributed by atoms with E-state index in [9.17, 15) is 14.0 Å². The van der Waals surface area contributed by atoms with E-state index < -0.39 is 5.82 Å². The number of halogens is 1. The van der Waals surface area contributed by atoms with Gasteiger partial charge in [-0.3, -0.25) is 9.59 Å². The fraction of sp³-hybridized carbons (Fsp3) is 0.286.